The Hall–Kier alpha value is -2.11. The molecule has 18 heavy (non-hydrogen) atoms. The first-order valence-corrected chi connectivity index (χ1v) is 5.73. The fraction of sp³-hybridized carbons (Fsp3) is 0.333. The molecule has 0 bridgehead atoms. The van der Waals surface area contributed by atoms with Crippen LogP contribution in [0.2, 0.25) is 0 Å². The summed E-state index contributed by atoms with van der Waals surface area (Å²) in [4.78, 5) is 0. The van der Waals surface area contributed by atoms with Crippen molar-refractivity contribution in [1.29, 1.82) is 0 Å². The fourth-order valence-electron chi connectivity index (χ4n) is 1.35. The molecule has 1 aromatic carbocycles. The van der Waals surface area contributed by atoms with Gasteiger partial charge in [0.25, 0.3) is 0 Å². The number of aryl methyl sites for hydroxylation is 1. The molecule has 1 aromatic heterocycles. The molecule has 0 atom stereocenters. The van der Waals surface area contributed by atoms with Crippen molar-refractivity contribution in [2.75, 3.05) is 18.5 Å². The van der Waals surface area contributed by atoms with Gasteiger partial charge in [-0.3, -0.25) is 0 Å². The largest absolute Gasteiger partial charge is 0.489 e. The zero-order valence-electron chi connectivity index (χ0n) is 10.0. The molecule has 2 rings (SSSR count). The van der Waals surface area contributed by atoms with Crippen LogP contribution < -0.4 is 10.1 Å². The summed E-state index contributed by atoms with van der Waals surface area (Å²) in [6.45, 7) is 2.70. The highest BCUT2D eigenvalue weighted by Gasteiger charge is 2.04. The van der Waals surface area contributed by atoms with Crippen molar-refractivity contribution in [3.8, 4) is 5.75 Å². The van der Waals surface area contributed by atoms with Gasteiger partial charge in [-0.15, -0.1) is 5.10 Å². The van der Waals surface area contributed by atoms with Crippen molar-refractivity contribution >= 4 is 6.01 Å². The summed E-state index contributed by atoms with van der Waals surface area (Å²) < 4.78 is 23.7. The van der Waals surface area contributed by atoms with E-state index in [0.29, 0.717) is 31.5 Å². The lowest BCUT2D eigenvalue weighted by Gasteiger charge is -2.06. The van der Waals surface area contributed by atoms with E-state index in [1.54, 1.807) is 18.2 Å². The molecule has 5 nitrogen and oxygen atoms in total. The SMILES string of the molecule is CCc1nnc(NCCOc2ccccc2F)o1. The average Bonchev–Trinajstić information content (AvgIpc) is 2.84. The van der Waals surface area contributed by atoms with Crippen LogP contribution in [0.3, 0.4) is 0 Å². The number of rotatable bonds is 6. The average molecular weight is 251 g/mol. The molecule has 0 amide bonds. The molecule has 1 N–H and O–H groups in total. The lowest BCUT2D eigenvalue weighted by molar-refractivity contribution is 0.314. The number of hydrogen-bond donors (Lipinski definition) is 1. The second-order valence-corrected chi connectivity index (χ2v) is 3.56. The summed E-state index contributed by atoms with van der Waals surface area (Å²) >= 11 is 0. The Morgan fingerprint density at radius 1 is 1.33 bits per heavy atom. The number of anilines is 1. The van der Waals surface area contributed by atoms with Gasteiger partial charge in [0, 0.05) is 6.42 Å². The fourth-order valence-corrected chi connectivity index (χ4v) is 1.35. The van der Waals surface area contributed by atoms with E-state index in [1.165, 1.54) is 6.07 Å². The van der Waals surface area contributed by atoms with Crippen LogP contribution in [-0.2, 0) is 6.42 Å². The monoisotopic (exact) mass is 251 g/mol. The van der Waals surface area contributed by atoms with Crippen molar-refractivity contribution in [3.63, 3.8) is 0 Å². The van der Waals surface area contributed by atoms with Gasteiger partial charge in [-0.2, -0.15) is 0 Å². The molecule has 1 heterocycles. The molecule has 0 aliphatic heterocycles. The van der Waals surface area contributed by atoms with Gasteiger partial charge in [0.05, 0.1) is 6.54 Å². The predicted molar refractivity (Wildman–Crippen MR) is 64.1 cm³/mol. The predicted octanol–water partition coefficient (Wildman–Crippen LogP) is 2.26. The van der Waals surface area contributed by atoms with Crippen LogP contribution in [0.4, 0.5) is 10.4 Å². The Bertz CT molecular complexity index is 502. The highest BCUT2D eigenvalue weighted by Crippen LogP contribution is 2.15. The van der Waals surface area contributed by atoms with Crippen LogP contribution >= 0.6 is 0 Å². The van der Waals surface area contributed by atoms with E-state index in [2.05, 4.69) is 15.5 Å². The first-order chi connectivity index (χ1) is 8.79. The van der Waals surface area contributed by atoms with Crippen molar-refractivity contribution in [3.05, 3.63) is 36.0 Å². The second-order valence-electron chi connectivity index (χ2n) is 3.56. The molecule has 0 fully saturated rings. The number of aromatic nitrogens is 2. The van der Waals surface area contributed by atoms with Crippen LogP contribution in [0.1, 0.15) is 12.8 Å². The number of nitrogens with one attached hydrogen (secondary N) is 1. The molecule has 0 spiro atoms. The third-order valence-electron chi connectivity index (χ3n) is 2.24. The minimum Gasteiger partial charge on any atom is -0.489 e. The Morgan fingerprint density at radius 3 is 2.89 bits per heavy atom. The lowest BCUT2D eigenvalue weighted by atomic mass is 10.3. The van der Waals surface area contributed by atoms with Gasteiger partial charge < -0.3 is 14.5 Å². The summed E-state index contributed by atoms with van der Waals surface area (Å²) in [5.41, 5.74) is 0. The van der Waals surface area contributed by atoms with E-state index in [4.69, 9.17) is 9.15 Å². The van der Waals surface area contributed by atoms with Gasteiger partial charge >= 0.3 is 6.01 Å². The Labute approximate surface area is 104 Å². The lowest BCUT2D eigenvalue weighted by Crippen LogP contribution is -2.12. The van der Waals surface area contributed by atoms with E-state index in [9.17, 15) is 4.39 Å². The molecule has 0 radical (unpaired) electrons. The van der Waals surface area contributed by atoms with Crippen molar-refractivity contribution in [1.82, 2.24) is 10.2 Å². The number of halogens is 1. The molecular formula is C12H14FN3O2. The first-order valence-electron chi connectivity index (χ1n) is 5.73. The van der Waals surface area contributed by atoms with Crippen LogP contribution in [-0.4, -0.2) is 23.3 Å². The number of ether oxygens (including phenoxy) is 1. The van der Waals surface area contributed by atoms with Gasteiger partial charge in [0.15, 0.2) is 11.6 Å². The van der Waals surface area contributed by atoms with Crippen molar-refractivity contribution < 1.29 is 13.5 Å². The molecule has 2 aromatic rings. The molecular weight excluding hydrogens is 237 g/mol. The number of para-hydroxylation sites is 1. The molecule has 0 saturated carbocycles. The van der Waals surface area contributed by atoms with Gasteiger partial charge in [0.2, 0.25) is 5.89 Å². The maximum atomic E-state index is 13.2. The molecule has 0 unspecified atom stereocenters. The Kier molecular flexibility index (Phi) is 4.11. The maximum absolute atomic E-state index is 13.2. The summed E-state index contributed by atoms with van der Waals surface area (Å²) in [5, 5.41) is 10.5. The topological polar surface area (TPSA) is 60.2 Å². The zero-order chi connectivity index (χ0) is 12.8. The van der Waals surface area contributed by atoms with E-state index < -0.39 is 0 Å². The van der Waals surface area contributed by atoms with E-state index in [0.717, 1.165) is 0 Å². The van der Waals surface area contributed by atoms with Gasteiger partial charge in [-0.1, -0.05) is 24.2 Å². The molecule has 0 aliphatic rings. The molecule has 6 heteroatoms. The Morgan fingerprint density at radius 2 is 2.17 bits per heavy atom. The maximum Gasteiger partial charge on any atom is 0.315 e. The van der Waals surface area contributed by atoms with Crippen LogP contribution in [0.15, 0.2) is 28.7 Å². The summed E-state index contributed by atoms with van der Waals surface area (Å²) in [6.07, 6.45) is 0.695. The molecule has 0 saturated heterocycles. The van der Waals surface area contributed by atoms with Crippen LogP contribution in [0, 0.1) is 5.82 Å². The Balaban J connectivity index is 1.74. The smallest absolute Gasteiger partial charge is 0.315 e. The normalized spacial score (nSPS) is 10.3. The summed E-state index contributed by atoms with van der Waals surface area (Å²) in [7, 11) is 0. The zero-order valence-corrected chi connectivity index (χ0v) is 10.0. The van der Waals surface area contributed by atoms with Gasteiger partial charge in [0.1, 0.15) is 6.61 Å². The van der Waals surface area contributed by atoms with Crippen molar-refractivity contribution in [2.24, 2.45) is 0 Å². The number of benzene rings is 1. The second kappa shape index (κ2) is 6.00. The van der Waals surface area contributed by atoms with Crippen LogP contribution in [0.25, 0.3) is 0 Å². The van der Waals surface area contributed by atoms with Gasteiger partial charge in [-0.05, 0) is 12.1 Å². The third kappa shape index (κ3) is 3.19. The van der Waals surface area contributed by atoms with E-state index in [-0.39, 0.29) is 11.6 Å². The first kappa shape index (κ1) is 12.3. The van der Waals surface area contributed by atoms with Crippen LogP contribution in [0.5, 0.6) is 5.75 Å². The van der Waals surface area contributed by atoms with Gasteiger partial charge in [-0.25, -0.2) is 4.39 Å². The molecule has 0 aliphatic carbocycles. The van der Waals surface area contributed by atoms with E-state index in [1.807, 2.05) is 6.92 Å². The highest BCUT2D eigenvalue weighted by molar-refractivity contribution is 5.23. The summed E-state index contributed by atoms with van der Waals surface area (Å²) in [5.74, 6) is 0.440. The number of nitrogens with zero attached hydrogens (tertiary/aromatic N) is 2. The standard InChI is InChI=1S/C12H14FN3O2/c1-2-11-15-16-12(18-11)14-7-8-17-10-6-4-3-5-9(10)13/h3-6H,2,7-8H2,1H3,(H,14,16). The summed E-state index contributed by atoms with van der Waals surface area (Å²) in [6, 6.07) is 6.62. The van der Waals surface area contributed by atoms with Crippen molar-refractivity contribution in [2.45, 2.75) is 13.3 Å². The minimum atomic E-state index is -0.372. The third-order valence-corrected chi connectivity index (χ3v) is 2.24. The minimum absolute atomic E-state index is 0.235. The highest BCUT2D eigenvalue weighted by atomic mass is 19.1. The quantitative estimate of drug-likeness (QED) is 0.798. The number of hydrogen-bond acceptors (Lipinski definition) is 5. The van der Waals surface area contributed by atoms with E-state index >= 15 is 0 Å². The molecule has 96 valence electrons.